The molecule has 6 nitrogen and oxygen atoms in total. The van der Waals surface area contributed by atoms with Crippen molar-refractivity contribution in [3.05, 3.63) is 58.7 Å². The summed E-state index contributed by atoms with van der Waals surface area (Å²) < 4.78 is 26.5. The number of aliphatic hydroxyl groups excluding tert-OH is 1. The van der Waals surface area contributed by atoms with Gasteiger partial charge in [-0.15, -0.1) is 0 Å². The molecule has 33 heavy (non-hydrogen) atoms. The molecule has 0 unspecified atom stereocenters. The number of carbonyl (C=O) groups is 1. The average Bonchev–Trinajstić information content (AvgIpc) is 2.83. The molecule has 0 bridgehead atoms. The lowest BCUT2D eigenvalue weighted by molar-refractivity contribution is 0.0355. The van der Waals surface area contributed by atoms with Crippen LogP contribution in [0.5, 0.6) is 0 Å². The van der Waals surface area contributed by atoms with Crippen LogP contribution in [0.2, 0.25) is 0 Å². The molecule has 0 atom stereocenters. The van der Waals surface area contributed by atoms with Crippen LogP contribution in [0.15, 0.2) is 24.5 Å². The Morgan fingerprint density at radius 3 is 2.45 bits per heavy atom. The van der Waals surface area contributed by atoms with Crippen LogP contribution < -0.4 is 0 Å². The molecule has 4 rings (SSSR count). The van der Waals surface area contributed by atoms with Crippen LogP contribution in [-0.4, -0.2) is 69.1 Å². The Balaban J connectivity index is 1.32. The van der Waals surface area contributed by atoms with E-state index in [2.05, 4.69) is 14.9 Å². The van der Waals surface area contributed by atoms with Gasteiger partial charge in [0, 0.05) is 43.5 Å². The third-order valence-corrected chi connectivity index (χ3v) is 7.02. The van der Waals surface area contributed by atoms with Gasteiger partial charge in [-0.25, -0.2) is 18.7 Å². The number of aliphatic hydroxyl groups is 1. The number of benzene rings is 1. The highest BCUT2D eigenvalue weighted by Gasteiger charge is 2.30. The first kappa shape index (κ1) is 23.7. The van der Waals surface area contributed by atoms with Gasteiger partial charge in [0.05, 0.1) is 6.10 Å². The van der Waals surface area contributed by atoms with Crippen LogP contribution in [-0.2, 0) is 12.8 Å². The van der Waals surface area contributed by atoms with E-state index in [1.54, 1.807) is 6.07 Å². The molecule has 2 aliphatic rings. The van der Waals surface area contributed by atoms with Crippen LogP contribution in [0, 0.1) is 18.6 Å². The monoisotopic (exact) mass is 458 g/mol. The summed E-state index contributed by atoms with van der Waals surface area (Å²) in [6.07, 6.45) is 6.76. The Morgan fingerprint density at radius 1 is 1.03 bits per heavy atom. The van der Waals surface area contributed by atoms with Gasteiger partial charge in [0.15, 0.2) is 11.6 Å². The summed E-state index contributed by atoms with van der Waals surface area (Å²) >= 11 is 0. The van der Waals surface area contributed by atoms with Crippen LogP contribution in [0.4, 0.5) is 8.78 Å². The topological polar surface area (TPSA) is 69.6 Å². The van der Waals surface area contributed by atoms with Crippen molar-refractivity contribution in [2.45, 2.75) is 64.0 Å². The zero-order valence-electron chi connectivity index (χ0n) is 19.1. The number of aromatic nitrogens is 2. The molecule has 2 aliphatic heterocycles. The second-order valence-corrected chi connectivity index (χ2v) is 9.19. The number of nitrogens with zero attached hydrogens (tertiary/aromatic N) is 4. The predicted octanol–water partition coefficient (Wildman–Crippen LogP) is 3.30. The molecular weight excluding hydrogens is 426 g/mol. The van der Waals surface area contributed by atoms with Crippen LogP contribution in [0.1, 0.15) is 59.4 Å². The SMILES string of the molecule is Cc1c(CCCc2ccc(F)c(F)c2)ncnc1C(=O)N1CCC(N2CCC(O)CC2)CC1. The summed E-state index contributed by atoms with van der Waals surface area (Å²) in [6, 6.07) is 4.44. The minimum atomic E-state index is -0.840. The number of carbonyl (C=O) groups excluding carboxylic acids is 1. The van der Waals surface area contributed by atoms with Crippen molar-refractivity contribution in [2.75, 3.05) is 26.2 Å². The summed E-state index contributed by atoms with van der Waals surface area (Å²) in [6.45, 7) is 5.15. The van der Waals surface area contributed by atoms with Crippen molar-refractivity contribution in [2.24, 2.45) is 0 Å². The Labute approximate surface area is 193 Å². The van der Waals surface area contributed by atoms with Gasteiger partial charge in [0.25, 0.3) is 5.91 Å². The highest BCUT2D eigenvalue weighted by Crippen LogP contribution is 2.23. The Morgan fingerprint density at radius 2 is 1.76 bits per heavy atom. The molecule has 0 saturated carbocycles. The zero-order chi connectivity index (χ0) is 23.4. The number of hydrogen-bond acceptors (Lipinski definition) is 5. The minimum Gasteiger partial charge on any atom is -0.393 e. The number of piperidine rings is 2. The normalized spacial score (nSPS) is 18.6. The molecule has 0 aliphatic carbocycles. The largest absolute Gasteiger partial charge is 0.393 e. The third kappa shape index (κ3) is 5.73. The van der Waals surface area contributed by atoms with E-state index < -0.39 is 11.6 Å². The number of amides is 1. The Hall–Kier alpha value is -2.45. The summed E-state index contributed by atoms with van der Waals surface area (Å²) in [5.74, 6) is -1.73. The molecule has 2 aromatic rings. The number of hydrogen-bond donors (Lipinski definition) is 1. The van der Waals surface area contributed by atoms with Crippen molar-refractivity contribution >= 4 is 5.91 Å². The summed E-state index contributed by atoms with van der Waals surface area (Å²) in [5, 5.41) is 9.73. The quantitative estimate of drug-likeness (QED) is 0.719. The van der Waals surface area contributed by atoms with Gasteiger partial charge >= 0.3 is 0 Å². The first-order chi connectivity index (χ1) is 15.9. The summed E-state index contributed by atoms with van der Waals surface area (Å²) in [4.78, 5) is 26.2. The fourth-order valence-corrected chi connectivity index (χ4v) is 4.94. The Bertz CT molecular complexity index is 971. The number of rotatable bonds is 6. The maximum Gasteiger partial charge on any atom is 0.272 e. The fraction of sp³-hybridized carbons (Fsp3) is 0.560. The van der Waals surface area contributed by atoms with Crippen molar-refractivity contribution in [3.63, 3.8) is 0 Å². The van der Waals surface area contributed by atoms with E-state index in [9.17, 15) is 18.7 Å². The molecule has 0 radical (unpaired) electrons. The predicted molar refractivity (Wildman–Crippen MR) is 121 cm³/mol. The molecule has 8 heteroatoms. The standard InChI is InChI=1S/C25H32F2N4O2/c1-17-23(4-2-3-18-5-6-21(26)22(27)15-18)28-16-29-24(17)25(33)31-11-7-19(8-12-31)30-13-9-20(32)10-14-30/h5-6,15-16,19-20,32H,2-4,7-14H2,1H3. The zero-order valence-corrected chi connectivity index (χ0v) is 19.1. The van der Waals surface area contributed by atoms with Gasteiger partial charge in [-0.3, -0.25) is 4.79 Å². The first-order valence-corrected chi connectivity index (χ1v) is 11.9. The lowest BCUT2D eigenvalue weighted by Crippen LogP contribution is -2.49. The summed E-state index contributed by atoms with van der Waals surface area (Å²) in [5.41, 5.74) is 2.80. The number of aryl methyl sites for hydroxylation is 2. The van der Waals surface area contributed by atoms with Gasteiger partial charge in [-0.1, -0.05) is 6.07 Å². The van der Waals surface area contributed by atoms with Gasteiger partial charge in [-0.2, -0.15) is 0 Å². The minimum absolute atomic E-state index is 0.0516. The van der Waals surface area contributed by atoms with Gasteiger partial charge in [0.2, 0.25) is 0 Å². The van der Waals surface area contributed by atoms with E-state index in [-0.39, 0.29) is 12.0 Å². The fourth-order valence-electron chi connectivity index (χ4n) is 4.94. The van der Waals surface area contributed by atoms with Gasteiger partial charge < -0.3 is 14.9 Å². The lowest BCUT2D eigenvalue weighted by atomic mass is 9.98. The smallest absolute Gasteiger partial charge is 0.272 e. The van der Waals surface area contributed by atoms with E-state index in [1.165, 1.54) is 12.4 Å². The summed E-state index contributed by atoms with van der Waals surface area (Å²) in [7, 11) is 0. The molecular formula is C25H32F2N4O2. The first-order valence-electron chi connectivity index (χ1n) is 11.9. The number of likely N-dealkylation sites (tertiary alicyclic amines) is 2. The van der Waals surface area contributed by atoms with Gasteiger partial charge in [0.1, 0.15) is 12.0 Å². The third-order valence-electron chi connectivity index (χ3n) is 7.02. The number of halogens is 2. The van der Waals surface area contributed by atoms with Crippen molar-refractivity contribution in [1.82, 2.24) is 19.8 Å². The molecule has 2 saturated heterocycles. The van der Waals surface area contributed by atoms with Crippen LogP contribution in [0.25, 0.3) is 0 Å². The van der Waals surface area contributed by atoms with Crippen molar-refractivity contribution < 1.29 is 18.7 Å². The molecule has 1 aromatic carbocycles. The highest BCUT2D eigenvalue weighted by atomic mass is 19.2. The molecule has 1 amide bonds. The van der Waals surface area contributed by atoms with E-state index in [1.807, 2.05) is 11.8 Å². The van der Waals surface area contributed by atoms with E-state index in [0.717, 1.165) is 61.7 Å². The molecule has 3 heterocycles. The van der Waals surface area contributed by atoms with Crippen molar-refractivity contribution in [1.29, 1.82) is 0 Å². The van der Waals surface area contributed by atoms with E-state index in [0.29, 0.717) is 44.1 Å². The van der Waals surface area contributed by atoms with Gasteiger partial charge in [-0.05, 0) is 69.6 Å². The highest BCUT2D eigenvalue weighted by molar-refractivity contribution is 5.93. The molecule has 178 valence electrons. The second-order valence-electron chi connectivity index (χ2n) is 9.19. The lowest BCUT2D eigenvalue weighted by Gasteiger charge is -2.41. The van der Waals surface area contributed by atoms with Crippen LogP contribution in [0.3, 0.4) is 0 Å². The van der Waals surface area contributed by atoms with E-state index in [4.69, 9.17) is 0 Å². The second kappa shape index (κ2) is 10.7. The molecule has 2 fully saturated rings. The maximum absolute atomic E-state index is 13.4. The van der Waals surface area contributed by atoms with Crippen LogP contribution >= 0.6 is 0 Å². The molecule has 1 N–H and O–H groups in total. The maximum atomic E-state index is 13.4. The molecule has 1 aromatic heterocycles. The average molecular weight is 459 g/mol. The Kier molecular flexibility index (Phi) is 7.65. The molecule has 0 spiro atoms. The van der Waals surface area contributed by atoms with Crippen molar-refractivity contribution in [3.8, 4) is 0 Å². The van der Waals surface area contributed by atoms with E-state index >= 15 is 0 Å².